The van der Waals surface area contributed by atoms with Crippen molar-refractivity contribution in [1.29, 1.82) is 5.26 Å². The Hall–Kier alpha value is -2.86. The van der Waals surface area contributed by atoms with Gasteiger partial charge in [0.15, 0.2) is 23.6 Å². The maximum Gasteiger partial charge on any atom is 0.176 e. The number of halogens is 4. The van der Waals surface area contributed by atoms with E-state index >= 15 is 0 Å². The van der Waals surface area contributed by atoms with Crippen LogP contribution in [0.4, 0.5) is 17.6 Å². The minimum Gasteiger partial charge on any atom is -0.381 e. The SMILES string of the molecule is C1CCOC1.Cc1c(F)cnc(C#N)c1F.Cc1c(F)cnc(C=O)c1F. The minimum absolute atomic E-state index is 0.170. The molecule has 5 nitrogen and oxygen atoms in total. The van der Waals surface area contributed by atoms with Gasteiger partial charge < -0.3 is 4.74 Å². The third-order valence-electron chi connectivity index (χ3n) is 3.48. The van der Waals surface area contributed by atoms with Crippen LogP contribution in [0.1, 0.15) is 40.2 Å². The predicted molar refractivity (Wildman–Crippen MR) is 87.9 cm³/mol. The molecular weight excluding hydrogens is 366 g/mol. The van der Waals surface area contributed by atoms with Crippen LogP contribution in [-0.2, 0) is 4.74 Å². The largest absolute Gasteiger partial charge is 0.381 e. The van der Waals surface area contributed by atoms with Crippen molar-refractivity contribution in [3.63, 3.8) is 0 Å². The molecule has 1 fully saturated rings. The molecule has 2 aromatic heterocycles. The van der Waals surface area contributed by atoms with Crippen LogP contribution in [0.5, 0.6) is 0 Å². The van der Waals surface area contributed by atoms with Gasteiger partial charge in [-0.2, -0.15) is 5.26 Å². The molecule has 2 aromatic rings. The number of nitriles is 1. The molecule has 1 aliphatic heterocycles. The Morgan fingerprint density at radius 3 is 1.96 bits per heavy atom. The standard InChI is InChI=1S/C7H4F2N2.C7H5F2NO.C4H8O/c1-4-5(8)3-11-6(2-10)7(4)9;1-4-5(8)2-10-6(3-11)7(4)9;1-2-4-5-3-1/h3H,1H3;2-3H,1H3;1-4H2. The third kappa shape index (κ3) is 6.42. The predicted octanol–water partition coefficient (Wildman–Crippen LogP) is 3.82. The number of rotatable bonds is 1. The van der Waals surface area contributed by atoms with E-state index in [-0.39, 0.29) is 28.8 Å². The van der Waals surface area contributed by atoms with E-state index in [1.54, 1.807) is 0 Å². The number of hydrogen-bond acceptors (Lipinski definition) is 5. The van der Waals surface area contributed by atoms with Crippen LogP contribution in [0.2, 0.25) is 0 Å². The van der Waals surface area contributed by atoms with Gasteiger partial charge in [-0.15, -0.1) is 0 Å². The average Bonchev–Trinajstić information content (AvgIpc) is 3.25. The lowest BCUT2D eigenvalue weighted by Crippen LogP contribution is -1.98. The van der Waals surface area contributed by atoms with Crippen LogP contribution < -0.4 is 0 Å². The molecule has 0 radical (unpaired) electrons. The molecule has 0 bridgehead atoms. The molecule has 9 heteroatoms. The monoisotopic (exact) mass is 383 g/mol. The molecule has 0 N–H and O–H groups in total. The first kappa shape index (κ1) is 22.2. The molecule has 0 spiro atoms. The number of carbonyl (C=O) groups excluding carboxylic acids is 1. The van der Waals surface area contributed by atoms with Crippen molar-refractivity contribution < 1.29 is 27.1 Å². The van der Waals surface area contributed by atoms with Gasteiger partial charge in [0.05, 0.1) is 12.4 Å². The summed E-state index contributed by atoms with van der Waals surface area (Å²) in [7, 11) is 0. The second-order valence-electron chi connectivity index (χ2n) is 5.37. The second kappa shape index (κ2) is 11.0. The number of carbonyl (C=O) groups is 1. The van der Waals surface area contributed by atoms with Gasteiger partial charge in [0.2, 0.25) is 0 Å². The summed E-state index contributed by atoms with van der Waals surface area (Å²) in [6.07, 6.45) is 4.46. The number of aromatic nitrogens is 2. The fourth-order valence-corrected chi connectivity index (χ4v) is 1.80. The molecule has 1 saturated heterocycles. The van der Waals surface area contributed by atoms with E-state index in [1.165, 1.54) is 32.8 Å². The van der Waals surface area contributed by atoms with Crippen LogP contribution in [0.25, 0.3) is 0 Å². The summed E-state index contributed by atoms with van der Waals surface area (Å²) in [4.78, 5) is 16.6. The van der Waals surface area contributed by atoms with Crippen LogP contribution in [0.15, 0.2) is 12.4 Å². The Labute approximate surface area is 153 Å². The highest BCUT2D eigenvalue weighted by Crippen LogP contribution is 2.12. The number of aldehydes is 1. The molecule has 3 heterocycles. The summed E-state index contributed by atoms with van der Waals surface area (Å²) in [5.41, 5.74) is -1.08. The van der Waals surface area contributed by atoms with Gasteiger partial charge in [-0.3, -0.25) is 4.79 Å². The zero-order valence-corrected chi connectivity index (χ0v) is 14.7. The van der Waals surface area contributed by atoms with Crippen LogP contribution >= 0.6 is 0 Å². The zero-order chi connectivity index (χ0) is 20.4. The van der Waals surface area contributed by atoms with E-state index in [9.17, 15) is 22.4 Å². The van der Waals surface area contributed by atoms with E-state index in [0.29, 0.717) is 0 Å². The summed E-state index contributed by atoms with van der Waals surface area (Å²) < 4.78 is 55.4. The van der Waals surface area contributed by atoms with Crippen molar-refractivity contribution >= 4 is 6.29 Å². The molecule has 0 saturated carbocycles. The van der Waals surface area contributed by atoms with E-state index in [1.807, 2.05) is 0 Å². The van der Waals surface area contributed by atoms with E-state index in [0.717, 1.165) is 25.6 Å². The van der Waals surface area contributed by atoms with Crippen LogP contribution in [0, 0.1) is 48.4 Å². The quantitative estimate of drug-likeness (QED) is 0.553. The number of ether oxygens (including phenoxy) is 1. The lowest BCUT2D eigenvalue weighted by molar-refractivity contribution is 0.111. The van der Waals surface area contributed by atoms with Crippen LogP contribution in [0.3, 0.4) is 0 Å². The number of pyridine rings is 2. The minimum atomic E-state index is -0.889. The second-order valence-corrected chi connectivity index (χ2v) is 5.37. The molecule has 144 valence electrons. The highest BCUT2D eigenvalue weighted by atomic mass is 19.1. The van der Waals surface area contributed by atoms with Gasteiger partial charge in [-0.1, -0.05) is 0 Å². The summed E-state index contributed by atoms with van der Waals surface area (Å²) in [5.74, 6) is -3.25. The van der Waals surface area contributed by atoms with Crippen molar-refractivity contribution in [2.75, 3.05) is 13.2 Å². The molecule has 0 amide bonds. The normalized spacial score (nSPS) is 12.2. The van der Waals surface area contributed by atoms with Crippen molar-refractivity contribution in [3.8, 4) is 6.07 Å². The lowest BCUT2D eigenvalue weighted by atomic mass is 10.2. The van der Waals surface area contributed by atoms with Gasteiger partial charge in [0.25, 0.3) is 0 Å². The molecule has 0 atom stereocenters. The topological polar surface area (TPSA) is 75.9 Å². The Morgan fingerprint density at radius 1 is 1.00 bits per heavy atom. The molecule has 0 unspecified atom stereocenters. The van der Waals surface area contributed by atoms with Gasteiger partial charge in [0.1, 0.15) is 23.4 Å². The molecule has 1 aliphatic rings. The van der Waals surface area contributed by atoms with Crippen LogP contribution in [-0.4, -0.2) is 29.5 Å². The maximum atomic E-state index is 12.7. The molecule has 0 aromatic carbocycles. The van der Waals surface area contributed by atoms with Crippen molar-refractivity contribution in [3.05, 3.63) is 58.2 Å². The fraction of sp³-hybridized carbons (Fsp3) is 0.333. The summed E-state index contributed by atoms with van der Waals surface area (Å²) >= 11 is 0. The van der Waals surface area contributed by atoms with Crippen molar-refractivity contribution in [2.24, 2.45) is 0 Å². The fourth-order valence-electron chi connectivity index (χ4n) is 1.80. The third-order valence-corrected chi connectivity index (χ3v) is 3.48. The smallest absolute Gasteiger partial charge is 0.176 e. The number of hydrogen-bond donors (Lipinski definition) is 0. The molecular formula is C18H17F4N3O2. The Kier molecular flexibility index (Phi) is 9.02. The lowest BCUT2D eigenvalue weighted by Gasteiger charge is -1.98. The van der Waals surface area contributed by atoms with E-state index in [2.05, 4.69) is 9.97 Å². The average molecular weight is 383 g/mol. The highest BCUT2D eigenvalue weighted by Gasteiger charge is 2.10. The van der Waals surface area contributed by atoms with Crippen molar-refractivity contribution in [1.82, 2.24) is 9.97 Å². The molecule has 0 aliphatic carbocycles. The Balaban J connectivity index is 0.000000216. The van der Waals surface area contributed by atoms with E-state index in [4.69, 9.17) is 10.00 Å². The molecule has 3 rings (SSSR count). The summed E-state index contributed by atoms with van der Waals surface area (Å²) in [6.45, 7) is 4.51. The maximum absolute atomic E-state index is 12.7. The highest BCUT2D eigenvalue weighted by molar-refractivity contribution is 5.72. The van der Waals surface area contributed by atoms with Gasteiger partial charge in [-0.05, 0) is 26.7 Å². The van der Waals surface area contributed by atoms with Gasteiger partial charge in [-0.25, -0.2) is 27.5 Å². The van der Waals surface area contributed by atoms with E-state index < -0.39 is 23.3 Å². The first-order valence-corrected chi connectivity index (χ1v) is 7.87. The molecule has 27 heavy (non-hydrogen) atoms. The zero-order valence-electron chi connectivity index (χ0n) is 14.7. The van der Waals surface area contributed by atoms with Crippen molar-refractivity contribution in [2.45, 2.75) is 26.7 Å². The summed E-state index contributed by atoms with van der Waals surface area (Å²) in [6, 6.07) is 1.51. The first-order valence-electron chi connectivity index (χ1n) is 7.87. The van der Waals surface area contributed by atoms with Gasteiger partial charge in [0, 0.05) is 24.3 Å². The number of nitrogens with zero attached hydrogens (tertiary/aromatic N) is 3. The first-order chi connectivity index (χ1) is 12.8. The Morgan fingerprint density at radius 2 is 1.52 bits per heavy atom. The van der Waals surface area contributed by atoms with Gasteiger partial charge >= 0.3 is 0 Å². The Bertz CT molecular complexity index is 827. The summed E-state index contributed by atoms with van der Waals surface area (Å²) in [5, 5.41) is 8.26.